The largest absolute Gasteiger partial charge is 0.406 e. The summed E-state index contributed by atoms with van der Waals surface area (Å²) in [5.74, 6) is -1.59. The summed E-state index contributed by atoms with van der Waals surface area (Å²) in [5.41, 5.74) is -0.199. The predicted molar refractivity (Wildman–Crippen MR) is 70.6 cm³/mol. The number of halogens is 4. The molecule has 1 N–H and O–H groups in total. The van der Waals surface area contributed by atoms with Crippen molar-refractivity contribution < 1.29 is 22.4 Å². The molecule has 21 heavy (non-hydrogen) atoms. The van der Waals surface area contributed by atoms with E-state index in [2.05, 4.69) is 10.3 Å². The number of amides is 1. The van der Waals surface area contributed by atoms with Crippen molar-refractivity contribution in [1.82, 2.24) is 9.88 Å². The highest BCUT2D eigenvalue weighted by Gasteiger charge is 2.33. The molecular formula is C13H17F4N3O. The maximum absolute atomic E-state index is 13.3. The molecule has 118 valence electrons. The number of carbonyl (C=O) groups is 1. The Balaban J connectivity index is 3.10. The van der Waals surface area contributed by atoms with Crippen LogP contribution in [0.3, 0.4) is 0 Å². The van der Waals surface area contributed by atoms with Gasteiger partial charge in [-0.2, -0.15) is 13.2 Å². The zero-order valence-corrected chi connectivity index (χ0v) is 11.8. The molecule has 4 nitrogen and oxygen atoms in total. The molecule has 1 amide bonds. The van der Waals surface area contributed by atoms with E-state index >= 15 is 0 Å². The molecular weight excluding hydrogens is 290 g/mol. The van der Waals surface area contributed by atoms with Gasteiger partial charge in [-0.05, 0) is 19.4 Å². The van der Waals surface area contributed by atoms with Crippen LogP contribution in [-0.4, -0.2) is 41.6 Å². The molecule has 1 aromatic rings. The number of nitrogens with one attached hydrogen (secondary N) is 1. The minimum Gasteiger partial charge on any atom is -0.370 e. The average Bonchev–Trinajstić information content (AvgIpc) is 2.38. The van der Waals surface area contributed by atoms with E-state index in [1.807, 2.05) is 0 Å². The summed E-state index contributed by atoms with van der Waals surface area (Å²) in [5, 5.41) is 2.74. The van der Waals surface area contributed by atoms with Crippen LogP contribution in [0.25, 0.3) is 0 Å². The fourth-order valence-electron chi connectivity index (χ4n) is 1.82. The quantitative estimate of drug-likeness (QED) is 0.822. The van der Waals surface area contributed by atoms with Gasteiger partial charge in [-0.1, -0.05) is 6.92 Å². The predicted octanol–water partition coefficient (Wildman–Crippen LogP) is 3.07. The number of alkyl halides is 3. The van der Waals surface area contributed by atoms with Crippen molar-refractivity contribution in [2.45, 2.75) is 26.4 Å². The number of pyridine rings is 1. The summed E-state index contributed by atoms with van der Waals surface area (Å²) in [6, 6.07) is 0.895. The Kier molecular flexibility index (Phi) is 5.92. The zero-order valence-electron chi connectivity index (χ0n) is 11.8. The molecule has 0 aliphatic rings. The Bertz CT molecular complexity index is 491. The fraction of sp³-hybridized carbons (Fsp3) is 0.538. The second-order valence-corrected chi connectivity index (χ2v) is 4.42. The lowest BCUT2D eigenvalue weighted by Gasteiger charge is -2.24. The van der Waals surface area contributed by atoms with Crippen molar-refractivity contribution in [3.05, 3.63) is 23.6 Å². The van der Waals surface area contributed by atoms with Crippen molar-refractivity contribution in [2.75, 3.05) is 25.0 Å². The lowest BCUT2D eigenvalue weighted by molar-refractivity contribution is -0.140. The molecule has 0 atom stereocenters. The van der Waals surface area contributed by atoms with E-state index in [1.165, 1.54) is 0 Å². The van der Waals surface area contributed by atoms with Gasteiger partial charge in [-0.15, -0.1) is 0 Å². The summed E-state index contributed by atoms with van der Waals surface area (Å²) in [7, 11) is 0. The summed E-state index contributed by atoms with van der Waals surface area (Å²) in [4.78, 5) is 16.6. The number of rotatable bonds is 6. The maximum atomic E-state index is 13.3. The van der Waals surface area contributed by atoms with Crippen molar-refractivity contribution in [3.63, 3.8) is 0 Å². The molecule has 1 rings (SSSR count). The van der Waals surface area contributed by atoms with Gasteiger partial charge in [0.2, 0.25) is 0 Å². The first-order valence-corrected chi connectivity index (χ1v) is 6.54. The van der Waals surface area contributed by atoms with Gasteiger partial charge in [0.1, 0.15) is 18.2 Å². The zero-order chi connectivity index (χ0) is 16.0. The van der Waals surface area contributed by atoms with Crippen molar-refractivity contribution in [1.29, 1.82) is 0 Å². The molecule has 8 heteroatoms. The van der Waals surface area contributed by atoms with Crippen LogP contribution in [0.1, 0.15) is 30.6 Å². The van der Waals surface area contributed by atoms with Crippen molar-refractivity contribution >= 4 is 11.7 Å². The summed E-state index contributed by atoms with van der Waals surface area (Å²) >= 11 is 0. The topological polar surface area (TPSA) is 45.2 Å². The second-order valence-electron chi connectivity index (χ2n) is 4.42. The van der Waals surface area contributed by atoms with Gasteiger partial charge in [0, 0.05) is 13.1 Å². The molecule has 0 saturated carbocycles. The maximum Gasteiger partial charge on any atom is 0.406 e. The van der Waals surface area contributed by atoms with Gasteiger partial charge >= 0.3 is 6.18 Å². The van der Waals surface area contributed by atoms with Crippen LogP contribution in [0.5, 0.6) is 0 Å². The standard InChI is InChI=1S/C13H17F4N3O/c1-3-5-20(8-13(15,16)17)12(21)10-6-9(14)7-19-11(10)18-4-2/h6-7H,3-5,8H2,1-2H3,(H,18,19). The third kappa shape index (κ3) is 5.20. The number of hydrogen-bond acceptors (Lipinski definition) is 3. The summed E-state index contributed by atoms with van der Waals surface area (Å²) < 4.78 is 50.9. The molecule has 0 aliphatic carbocycles. The average molecular weight is 307 g/mol. The van der Waals surface area contributed by atoms with Gasteiger partial charge in [0.15, 0.2) is 0 Å². The summed E-state index contributed by atoms with van der Waals surface area (Å²) in [6.45, 7) is 2.36. The van der Waals surface area contributed by atoms with Crippen LogP contribution in [0.4, 0.5) is 23.4 Å². The molecule has 0 fully saturated rings. The Morgan fingerprint density at radius 2 is 2.05 bits per heavy atom. The number of aromatic nitrogens is 1. The minimum atomic E-state index is -4.51. The van der Waals surface area contributed by atoms with Crippen LogP contribution in [0, 0.1) is 5.82 Å². The first kappa shape index (κ1) is 17.2. The third-order valence-corrected chi connectivity index (χ3v) is 2.58. The van der Waals surface area contributed by atoms with E-state index in [-0.39, 0.29) is 17.9 Å². The molecule has 0 saturated heterocycles. The van der Waals surface area contributed by atoms with Crippen molar-refractivity contribution in [2.24, 2.45) is 0 Å². The Hall–Kier alpha value is -1.86. The molecule has 1 heterocycles. The Morgan fingerprint density at radius 3 is 2.57 bits per heavy atom. The van der Waals surface area contributed by atoms with E-state index in [0.29, 0.717) is 17.9 Å². The van der Waals surface area contributed by atoms with E-state index < -0.39 is 24.4 Å². The van der Waals surface area contributed by atoms with Crippen LogP contribution < -0.4 is 5.32 Å². The van der Waals surface area contributed by atoms with Crippen LogP contribution >= 0.6 is 0 Å². The normalized spacial score (nSPS) is 11.3. The Morgan fingerprint density at radius 1 is 1.38 bits per heavy atom. The molecule has 0 aromatic carbocycles. The van der Waals surface area contributed by atoms with Crippen LogP contribution in [0.15, 0.2) is 12.3 Å². The van der Waals surface area contributed by atoms with Gasteiger partial charge in [-0.3, -0.25) is 4.79 Å². The van der Waals surface area contributed by atoms with E-state index in [1.54, 1.807) is 13.8 Å². The molecule has 0 spiro atoms. The lowest BCUT2D eigenvalue weighted by Crippen LogP contribution is -2.39. The Labute approximate surface area is 120 Å². The highest BCUT2D eigenvalue weighted by Crippen LogP contribution is 2.21. The second kappa shape index (κ2) is 7.24. The smallest absolute Gasteiger partial charge is 0.370 e. The van der Waals surface area contributed by atoms with E-state index in [9.17, 15) is 22.4 Å². The van der Waals surface area contributed by atoms with Crippen LogP contribution in [-0.2, 0) is 0 Å². The number of carbonyl (C=O) groups excluding carboxylic acids is 1. The molecule has 1 aromatic heterocycles. The van der Waals surface area contributed by atoms with Crippen LogP contribution in [0.2, 0.25) is 0 Å². The lowest BCUT2D eigenvalue weighted by atomic mass is 10.2. The van der Waals surface area contributed by atoms with Gasteiger partial charge in [0.25, 0.3) is 5.91 Å². The summed E-state index contributed by atoms with van der Waals surface area (Å²) in [6.07, 6.45) is -3.24. The molecule has 0 unspecified atom stereocenters. The minimum absolute atomic E-state index is 0.0690. The fourth-order valence-corrected chi connectivity index (χ4v) is 1.82. The SMILES string of the molecule is CCCN(CC(F)(F)F)C(=O)c1cc(F)cnc1NCC. The number of hydrogen-bond donors (Lipinski definition) is 1. The first-order chi connectivity index (χ1) is 9.78. The number of anilines is 1. The van der Waals surface area contributed by atoms with Crippen molar-refractivity contribution in [3.8, 4) is 0 Å². The highest BCUT2D eigenvalue weighted by atomic mass is 19.4. The van der Waals surface area contributed by atoms with E-state index in [4.69, 9.17) is 0 Å². The van der Waals surface area contributed by atoms with E-state index in [0.717, 1.165) is 12.3 Å². The molecule has 0 radical (unpaired) electrons. The van der Waals surface area contributed by atoms with Gasteiger partial charge < -0.3 is 10.2 Å². The number of nitrogens with zero attached hydrogens (tertiary/aromatic N) is 2. The molecule has 0 bridgehead atoms. The van der Waals surface area contributed by atoms with Gasteiger partial charge in [-0.25, -0.2) is 9.37 Å². The first-order valence-electron chi connectivity index (χ1n) is 6.54. The monoisotopic (exact) mass is 307 g/mol. The third-order valence-electron chi connectivity index (χ3n) is 2.58. The molecule has 0 aliphatic heterocycles. The van der Waals surface area contributed by atoms with Gasteiger partial charge in [0.05, 0.1) is 11.8 Å². The highest BCUT2D eigenvalue weighted by molar-refractivity contribution is 5.98.